The van der Waals surface area contributed by atoms with Crippen molar-refractivity contribution in [3.8, 4) is 0 Å². The Morgan fingerprint density at radius 1 is 0.815 bits per heavy atom. The first-order valence-electron chi connectivity index (χ1n) is 9.04. The van der Waals surface area contributed by atoms with Crippen LogP contribution >= 0.6 is 24.8 Å². The molecule has 1 heterocycles. The second kappa shape index (κ2) is 8.15. The lowest BCUT2D eigenvalue weighted by atomic mass is 9.89. The molecule has 4 aromatic carbocycles. The van der Waals surface area contributed by atoms with Crippen molar-refractivity contribution in [2.45, 2.75) is 6.04 Å². The third-order valence-corrected chi connectivity index (χ3v) is 5.66. The maximum Gasteiger partial charge on any atom is 0.109 e. The largest absolute Gasteiger partial charge is 0.314 e. The van der Waals surface area contributed by atoms with Gasteiger partial charge in [-0.3, -0.25) is 4.90 Å². The summed E-state index contributed by atoms with van der Waals surface area (Å²) in [5.74, 6) is 0. The van der Waals surface area contributed by atoms with Gasteiger partial charge in [-0.25, -0.2) is 4.39 Å². The summed E-state index contributed by atoms with van der Waals surface area (Å²) in [6.45, 7) is 3.32. The molecule has 1 N–H and O–H groups in total. The quantitative estimate of drug-likeness (QED) is 0.463. The van der Waals surface area contributed by atoms with Gasteiger partial charge in [0, 0.05) is 26.2 Å². The van der Waals surface area contributed by atoms with E-state index in [1.165, 1.54) is 32.3 Å². The summed E-state index contributed by atoms with van der Waals surface area (Å²) in [7, 11) is 0. The molecular weight excluding hydrogens is 382 g/mol. The Labute approximate surface area is 170 Å². The monoisotopic (exact) mass is 404 g/mol. The van der Waals surface area contributed by atoms with E-state index in [1.807, 2.05) is 0 Å². The fourth-order valence-electron chi connectivity index (χ4n) is 4.42. The molecule has 1 atom stereocenters. The van der Waals surface area contributed by atoms with Gasteiger partial charge in [-0.15, -0.1) is 24.8 Å². The van der Waals surface area contributed by atoms with Crippen molar-refractivity contribution in [2.75, 3.05) is 32.9 Å². The van der Waals surface area contributed by atoms with Gasteiger partial charge in [0.15, 0.2) is 0 Å². The zero-order chi connectivity index (χ0) is 16.8. The van der Waals surface area contributed by atoms with Crippen LogP contribution in [0.3, 0.4) is 0 Å². The molecule has 142 valence electrons. The van der Waals surface area contributed by atoms with E-state index < -0.39 is 0 Å². The molecule has 1 fully saturated rings. The molecule has 0 amide bonds. The number of alkyl halides is 1. The fraction of sp³-hybridized carbons (Fsp3) is 0.273. The van der Waals surface area contributed by atoms with E-state index in [0.29, 0.717) is 0 Å². The summed E-state index contributed by atoms with van der Waals surface area (Å²) >= 11 is 0. The lowest BCUT2D eigenvalue weighted by molar-refractivity contribution is 0.148. The van der Waals surface area contributed by atoms with E-state index in [9.17, 15) is 4.39 Å². The minimum absolute atomic E-state index is 0. The van der Waals surface area contributed by atoms with Gasteiger partial charge in [-0.05, 0) is 37.9 Å². The number of hydrogen-bond acceptors (Lipinski definition) is 2. The van der Waals surface area contributed by atoms with Gasteiger partial charge in [0.05, 0.1) is 6.04 Å². The number of piperazine rings is 1. The van der Waals surface area contributed by atoms with Gasteiger partial charge < -0.3 is 5.32 Å². The first kappa shape index (κ1) is 20.1. The van der Waals surface area contributed by atoms with Crippen LogP contribution in [0.25, 0.3) is 32.3 Å². The average Bonchev–Trinajstić information content (AvgIpc) is 2.68. The Morgan fingerprint density at radius 2 is 1.41 bits per heavy atom. The highest BCUT2D eigenvalue weighted by Gasteiger charge is 2.24. The van der Waals surface area contributed by atoms with Gasteiger partial charge in [0.25, 0.3) is 0 Å². The van der Waals surface area contributed by atoms with Crippen molar-refractivity contribution in [2.24, 2.45) is 0 Å². The smallest absolute Gasteiger partial charge is 0.109 e. The van der Waals surface area contributed by atoms with Crippen molar-refractivity contribution in [3.05, 3.63) is 60.2 Å². The maximum absolute atomic E-state index is 14.1. The van der Waals surface area contributed by atoms with Gasteiger partial charge in [-0.1, -0.05) is 54.6 Å². The molecular formula is C22H23Cl2FN2. The number of hydrogen-bond donors (Lipinski definition) is 1. The normalized spacial score (nSPS) is 16.3. The van der Waals surface area contributed by atoms with Gasteiger partial charge in [0.2, 0.25) is 0 Å². The first-order chi connectivity index (χ1) is 12.4. The van der Waals surface area contributed by atoms with Crippen LogP contribution < -0.4 is 5.32 Å². The molecule has 1 aliphatic heterocycles. The second-order valence-corrected chi connectivity index (χ2v) is 6.97. The maximum atomic E-state index is 14.1. The summed E-state index contributed by atoms with van der Waals surface area (Å²) in [6.07, 6.45) is 0. The van der Waals surface area contributed by atoms with Crippen molar-refractivity contribution in [1.29, 1.82) is 0 Å². The summed E-state index contributed by atoms with van der Waals surface area (Å²) in [5, 5.41) is 10.9. The molecule has 4 aromatic rings. The Balaban J connectivity index is 0.00000105. The molecule has 0 aromatic heterocycles. The molecule has 1 aliphatic rings. The van der Waals surface area contributed by atoms with Crippen LogP contribution in [0.5, 0.6) is 0 Å². The van der Waals surface area contributed by atoms with E-state index in [1.54, 1.807) is 0 Å². The molecule has 2 nitrogen and oxygen atoms in total. The van der Waals surface area contributed by atoms with Crippen LogP contribution in [0, 0.1) is 0 Å². The first-order valence-corrected chi connectivity index (χ1v) is 9.04. The van der Waals surface area contributed by atoms with Crippen LogP contribution in [0.1, 0.15) is 11.6 Å². The predicted molar refractivity (Wildman–Crippen MR) is 118 cm³/mol. The highest BCUT2D eigenvalue weighted by molar-refractivity contribution is 6.23. The van der Waals surface area contributed by atoms with Crippen LogP contribution in [-0.4, -0.2) is 37.8 Å². The van der Waals surface area contributed by atoms with E-state index >= 15 is 0 Å². The number of nitrogens with one attached hydrogen (secondary N) is 1. The molecule has 1 saturated heterocycles. The van der Waals surface area contributed by atoms with Gasteiger partial charge in [-0.2, -0.15) is 0 Å². The number of benzene rings is 4. The summed E-state index contributed by atoms with van der Waals surface area (Å²) in [4.78, 5) is 2.28. The Morgan fingerprint density at radius 3 is 2.07 bits per heavy atom. The zero-order valence-electron chi connectivity index (χ0n) is 15.0. The van der Waals surface area contributed by atoms with Crippen molar-refractivity contribution in [3.63, 3.8) is 0 Å². The van der Waals surface area contributed by atoms with Crippen LogP contribution in [0.4, 0.5) is 4.39 Å². The van der Waals surface area contributed by atoms with E-state index in [0.717, 1.165) is 31.7 Å². The minimum atomic E-state index is -0.343. The highest BCUT2D eigenvalue weighted by Crippen LogP contribution is 2.38. The Hall–Kier alpha value is -1.65. The predicted octanol–water partition coefficient (Wildman–Crippen LogP) is 5.34. The van der Waals surface area contributed by atoms with Crippen LogP contribution in [0.15, 0.2) is 54.6 Å². The van der Waals surface area contributed by atoms with Crippen molar-refractivity contribution >= 4 is 57.1 Å². The molecule has 0 radical (unpaired) electrons. The van der Waals surface area contributed by atoms with E-state index in [2.05, 4.69) is 64.8 Å². The Kier molecular flexibility index (Phi) is 6.07. The van der Waals surface area contributed by atoms with Crippen molar-refractivity contribution < 1.29 is 4.39 Å². The number of halogens is 3. The molecule has 0 saturated carbocycles. The molecule has 0 aliphatic carbocycles. The summed E-state index contributed by atoms with van der Waals surface area (Å²) in [5.41, 5.74) is 1.12. The topological polar surface area (TPSA) is 15.3 Å². The molecule has 5 heteroatoms. The molecule has 0 bridgehead atoms. The Bertz CT molecular complexity index is 1030. The third kappa shape index (κ3) is 3.23. The highest BCUT2D eigenvalue weighted by atomic mass is 35.5. The zero-order valence-corrected chi connectivity index (χ0v) is 16.6. The molecule has 27 heavy (non-hydrogen) atoms. The van der Waals surface area contributed by atoms with E-state index in [4.69, 9.17) is 0 Å². The van der Waals surface area contributed by atoms with Gasteiger partial charge in [0.1, 0.15) is 6.67 Å². The van der Waals surface area contributed by atoms with Crippen LogP contribution in [0.2, 0.25) is 0 Å². The van der Waals surface area contributed by atoms with Crippen molar-refractivity contribution in [1.82, 2.24) is 10.2 Å². The molecule has 0 spiro atoms. The third-order valence-electron chi connectivity index (χ3n) is 5.66. The lowest BCUT2D eigenvalue weighted by Gasteiger charge is -2.34. The summed E-state index contributed by atoms with van der Waals surface area (Å²) < 4.78 is 14.1. The number of nitrogens with zero attached hydrogens (tertiary/aromatic N) is 1. The summed E-state index contributed by atoms with van der Waals surface area (Å²) in [6, 6.07) is 19.3. The molecule has 5 rings (SSSR count). The van der Waals surface area contributed by atoms with E-state index in [-0.39, 0.29) is 37.5 Å². The second-order valence-electron chi connectivity index (χ2n) is 6.97. The fourth-order valence-corrected chi connectivity index (χ4v) is 4.42. The molecule has 0 unspecified atom stereocenters. The average molecular weight is 405 g/mol. The minimum Gasteiger partial charge on any atom is -0.314 e. The SMILES string of the molecule is Cl.Cl.FC[C@H](c1ccc2ccc3cccc4ccc1c2c34)N1CCNCC1. The van der Waals surface area contributed by atoms with Crippen LogP contribution in [-0.2, 0) is 0 Å². The number of rotatable bonds is 3. The standard InChI is InChI=1S/C22H21FN2.2ClH/c23-14-20(25-12-10-24-11-13-25)18-8-6-17-5-4-15-2-1-3-16-7-9-19(18)22(17)21(15)16;;/h1-9,20,24H,10-14H2;2*1H/t20-;;/m1../s1. The van der Waals surface area contributed by atoms with Gasteiger partial charge >= 0.3 is 0 Å². The lowest BCUT2D eigenvalue weighted by Crippen LogP contribution is -2.45.